The van der Waals surface area contributed by atoms with Gasteiger partial charge in [-0.25, -0.2) is 0 Å². The maximum absolute atomic E-state index is 10.2. The predicted molar refractivity (Wildman–Crippen MR) is 26.5 cm³/mol. The predicted octanol–water partition coefficient (Wildman–Crippen LogP) is -2.37. The second kappa shape index (κ2) is 5.21. The molecule has 0 saturated carbocycles. The largest absolute Gasteiger partial charge is 1.00 e. The summed E-state index contributed by atoms with van der Waals surface area (Å²) in [6.07, 6.45) is 0. The molecule has 42 valence electrons. The molecule has 0 spiro atoms. The Labute approximate surface area is 61.8 Å². The van der Waals surface area contributed by atoms with Gasteiger partial charge in [0.1, 0.15) is 0 Å². The zero-order chi connectivity index (χ0) is 5.86. The van der Waals surface area contributed by atoms with Crippen LogP contribution in [0.1, 0.15) is 6.92 Å². The van der Waals surface area contributed by atoms with E-state index in [1.54, 1.807) is 6.92 Å². The van der Waals surface area contributed by atoms with Crippen molar-refractivity contribution in [3.8, 4) is 0 Å². The summed E-state index contributed by atoms with van der Waals surface area (Å²) in [6.45, 7) is 5.12. The molecular weight excluding hydrogens is 99.0 g/mol. The second-order valence-corrected chi connectivity index (χ2v) is 1.42. The number of esters is 1. The molecule has 2 nitrogen and oxygen atoms in total. The van der Waals surface area contributed by atoms with Gasteiger partial charge in [-0.3, -0.25) is 4.79 Å². The van der Waals surface area contributed by atoms with Gasteiger partial charge in [0.2, 0.25) is 0 Å². The molecule has 0 fully saturated rings. The average molecular weight is 108 g/mol. The molecule has 8 heavy (non-hydrogen) atoms. The second-order valence-electron chi connectivity index (χ2n) is 1.42. The van der Waals surface area contributed by atoms with Crippen molar-refractivity contribution in [2.75, 3.05) is 7.11 Å². The van der Waals surface area contributed by atoms with Gasteiger partial charge >= 0.3 is 18.9 Å². The molecule has 1 atom stereocenters. The maximum atomic E-state index is 10.2. The van der Waals surface area contributed by atoms with Crippen LogP contribution < -0.4 is 18.9 Å². The molecule has 0 aliphatic rings. The summed E-state index contributed by atoms with van der Waals surface area (Å²) in [5, 5.41) is 0. The SMILES string of the molecule is [CH2-]C(C)C(=O)OC.[Li+]. The minimum atomic E-state index is -0.264. The van der Waals surface area contributed by atoms with Crippen LogP contribution in [0.25, 0.3) is 0 Å². The molecule has 0 rings (SSSR count). The first-order valence-electron chi connectivity index (χ1n) is 2.09. The van der Waals surface area contributed by atoms with E-state index < -0.39 is 0 Å². The third-order valence-corrected chi connectivity index (χ3v) is 0.604. The first kappa shape index (κ1) is 10.9. The number of carbonyl (C=O) groups is 1. The Morgan fingerprint density at radius 2 is 2.12 bits per heavy atom. The third kappa shape index (κ3) is 4.23. The Kier molecular flexibility index (Phi) is 7.13. The van der Waals surface area contributed by atoms with Gasteiger partial charge in [-0.15, -0.1) is 0 Å². The summed E-state index contributed by atoms with van der Waals surface area (Å²) in [7, 11) is 1.35. The minimum absolute atomic E-state index is 0. The van der Waals surface area contributed by atoms with Crippen molar-refractivity contribution >= 4 is 5.97 Å². The van der Waals surface area contributed by atoms with Crippen molar-refractivity contribution in [1.29, 1.82) is 0 Å². The van der Waals surface area contributed by atoms with Crippen LogP contribution in [0.2, 0.25) is 0 Å². The normalized spacial score (nSPS) is 11.4. The fourth-order valence-corrected chi connectivity index (χ4v) is 0.201. The van der Waals surface area contributed by atoms with Crippen LogP contribution in [-0.4, -0.2) is 13.1 Å². The standard InChI is InChI=1S/C5H9O2.Li/c1-4(2)5(6)7-3;/h4H,1H2,2-3H3;/q-1;+1. The van der Waals surface area contributed by atoms with E-state index in [1.807, 2.05) is 0 Å². The molecule has 0 bridgehead atoms. The molecule has 0 saturated heterocycles. The number of ether oxygens (including phenoxy) is 1. The van der Waals surface area contributed by atoms with Crippen LogP contribution in [0, 0.1) is 12.8 Å². The first-order valence-corrected chi connectivity index (χ1v) is 2.09. The van der Waals surface area contributed by atoms with Crippen LogP contribution in [0.3, 0.4) is 0 Å². The number of carbonyl (C=O) groups excluding carboxylic acids is 1. The Hall–Kier alpha value is 0.0674. The fourth-order valence-electron chi connectivity index (χ4n) is 0.201. The number of methoxy groups -OCH3 is 1. The summed E-state index contributed by atoms with van der Waals surface area (Å²) in [5.41, 5.74) is 0. The Morgan fingerprint density at radius 3 is 2.12 bits per heavy atom. The molecule has 0 amide bonds. The molecular formula is C5H9LiO2. The zero-order valence-electron chi connectivity index (χ0n) is 5.60. The summed E-state index contributed by atoms with van der Waals surface area (Å²) in [4.78, 5) is 10.2. The van der Waals surface area contributed by atoms with E-state index in [0.717, 1.165) is 0 Å². The van der Waals surface area contributed by atoms with Crippen LogP contribution in [-0.2, 0) is 9.53 Å². The Balaban J connectivity index is 0. The molecule has 0 aliphatic carbocycles. The summed E-state index contributed by atoms with van der Waals surface area (Å²) < 4.78 is 4.31. The van der Waals surface area contributed by atoms with E-state index in [9.17, 15) is 4.79 Å². The van der Waals surface area contributed by atoms with Crippen LogP contribution >= 0.6 is 0 Å². The van der Waals surface area contributed by atoms with E-state index in [0.29, 0.717) is 0 Å². The maximum Gasteiger partial charge on any atom is 1.00 e. The molecule has 0 aromatic carbocycles. The van der Waals surface area contributed by atoms with E-state index >= 15 is 0 Å². The van der Waals surface area contributed by atoms with Crippen molar-refractivity contribution in [3.05, 3.63) is 6.92 Å². The molecule has 0 aromatic heterocycles. The molecule has 0 aliphatic heterocycles. The molecule has 0 radical (unpaired) electrons. The van der Waals surface area contributed by atoms with E-state index in [-0.39, 0.29) is 30.7 Å². The van der Waals surface area contributed by atoms with Crippen molar-refractivity contribution in [1.82, 2.24) is 0 Å². The number of rotatable bonds is 1. The van der Waals surface area contributed by atoms with Crippen molar-refractivity contribution < 1.29 is 28.4 Å². The molecule has 0 N–H and O–H groups in total. The van der Waals surface area contributed by atoms with Gasteiger partial charge in [-0.2, -0.15) is 0 Å². The topological polar surface area (TPSA) is 26.3 Å². The number of hydrogen-bond donors (Lipinski definition) is 0. The number of hydrogen-bond acceptors (Lipinski definition) is 2. The Morgan fingerprint density at radius 1 is 1.75 bits per heavy atom. The van der Waals surface area contributed by atoms with Gasteiger partial charge in [-0.05, 0) is 0 Å². The van der Waals surface area contributed by atoms with Crippen LogP contribution in [0.4, 0.5) is 0 Å². The zero-order valence-corrected chi connectivity index (χ0v) is 5.60. The monoisotopic (exact) mass is 108 g/mol. The average Bonchev–Trinajstić information content (AvgIpc) is 1.65. The quantitative estimate of drug-likeness (QED) is 0.213. The van der Waals surface area contributed by atoms with Gasteiger partial charge in [0.25, 0.3) is 5.97 Å². The summed E-state index contributed by atoms with van der Waals surface area (Å²) in [5.74, 6) is -0.509. The van der Waals surface area contributed by atoms with Crippen molar-refractivity contribution in [3.63, 3.8) is 0 Å². The summed E-state index contributed by atoms with van der Waals surface area (Å²) >= 11 is 0. The van der Waals surface area contributed by atoms with Gasteiger partial charge in [-0.1, -0.05) is 12.8 Å². The molecule has 1 unspecified atom stereocenters. The third-order valence-electron chi connectivity index (χ3n) is 0.604. The molecule has 0 aromatic rings. The van der Waals surface area contributed by atoms with Crippen molar-refractivity contribution in [2.45, 2.75) is 6.92 Å². The smallest absolute Gasteiger partial charge is 0.471 e. The fraction of sp³-hybridized carbons (Fsp3) is 0.600. The van der Waals surface area contributed by atoms with Crippen LogP contribution in [0.15, 0.2) is 0 Å². The van der Waals surface area contributed by atoms with E-state index in [2.05, 4.69) is 11.7 Å². The van der Waals surface area contributed by atoms with Gasteiger partial charge in [0.05, 0.1) is 7.11 Å². The van der Waals surface area contributed by atoms with E-state index in [4.69, 9.17) is 0 Å². The van der Waals surface area contributed by atoms with Gasteiger partial charge in [0, 0.05) is 0 Å². The first-order chi connectivity index (χ1) is 3.18. The van der Waals surface area contributed by atoms with Crippen LogP contribution in [0.5, 0.6) is 0 Å². The van der Waals surface area contributed by atoms with E-state index in [1.165, 1.54) is 7.11 Å². The minimum Gasteiger partial charge on any atom is -0.471 e. The van der Waals surface area contributed by atoms with Gasteiger partial charge < -0.3 is 11.7 Å². The Bertz CT molecular complexity index is 70.8. The summed E-state index contributed by atoms with van der Waals surface area (Å²) in [6, 6.07) is 0. The molecule has 3 heteroatoms. The molecule has 0 heterocycles. The van der Waals surface area contributed by atoms with Crippen molar-refractivity contribution in [2.24, 2.45) is 5.92 Å². The van der Waals surface area contributed by atoms with Gasteiger partial charge in [0.15, 0.2) is 0 Å².